The van der Waals surface area contributed by atoms with Crippen molar-refractivity contribution in [1.29, 1.82) is 0 Å². The summed E-state index contributed by atoms with van der Waals surface area (Å²) in [4.78, 5) is 2.47. The fourth-order valence-corrected chi connectivity index (χ4v) is 3.94. The van der Waals surface area contributed by atoms with Crippen LogP contribution in [0.4, 0.5) is 0 Å². The summed E-state index contributed by atoms with van der Waals surface area (Å²) in [5.74, 6) is 1.24. The lowest BCUT2D eigenvalue weighted by atomic mass is 9.96. The Morgan fingerprint density at radius 3 is 2.58 bits per heavy atom. The highest BCUT2D eigenvalue weighted by molar-refractivity contribution is 6.32. The summed E-state index contributed by atoms with van der Waals surface area (Å²) in [7, 11) is -1.72. The molecule has 1 fully saturated rings. The van der Waals surface area contributed by atoms with Crippen molar-refractivity contribution in [3.05, 3.63) is 40.7 Å². The lowest BCUT2D eigenvalue weighted by Gasteiger charge is -2.32. The van der Waals surface area contributed by atoms with Crippen LogP contribution in [0.1, 0.15) is 49.5 Å². The minimum atomic E-state index is -1.72. The van der Waals surface area contributed by atoms with E-state index in [2.05, 4.69) is 32.6 Å². The summed E-state index contributed by atoms with van der Waals surface area (Å²) in [6, 6.07) is 7.80. The fourth-order valence-electron chi connectivity index (χ4n) is 3.81. The van der Waals surface area contributed by atoms with Gasteiger partial charge in [0.2, 0.25) is 0 Å². The van der Waals surface area contributed by atoms with Gasteiger partial charge >= 0.3 is 7.32 Å². The predicted octanol–water partition coefficient (Wildman–Crippen LogP) is 1.82. The first-order valence-electron chi connectivity index (χ1n) is 10.5. The summed E-state index contributed by atoms with van der Waals surface area (Å²) in [6.07, 6.45) is 4.40. The summed E-state index contributed by atoms with van der Waals surface area (Å²) < 4.78 is 6.55. The molecule has 31 heavy (non-hydrogen) atoms. The third-order valence-electron chi connectivity index (χ3n) is 5.53. The first-order valence-corrected chi connectivity index (χ1v) is 10.8. The van der Waals surface area contributed by atoms with Crippen molar-refractivity contribution in [3.63, 3.8) is 0 Å². The van der Waals surface area contributed by atoms with E-state index in [0.717, 1.165) is 50.5 Å². The van der Waals surface area contributed by atoms with E-state index in [9.17, 15) is 0 Å². The quantitative estimate of drug-likeness (QED) is 0.334. The molecule has 4 N–H and O–H groups in total. The Bertz CT molecular complexity index is 759. The van der Waals surface area contributed by atoms with Gasteiger partial charge in [-0.05, 0) is 79.2 Å². The number of tetrazole rings is 1. The topological polar surface area (TPSA) is 123 Å². The standard InChI is InChI=1S/C19H30BClN6O3.ClH/c21-17-6-4-15(5-7-17)13-26-10-8-16(9-11-26)14-27-19(23-24-25-27)18(22)3-1-2-12-30-20(28)29;/h4-7,16,18,28-29H,1-3,8-14,22H2;1H. The molecule has 0 bridgehead atoms. The van der Waals surface area contributed by atoms with Gasteiger partial charge in [-0.15, -0.1) is 17.5 Å². The molecule has 9 nitrogen and oxygen atoms in total. The average Bonchev–Trinajstić information content (AvgIpc) is 3.19. The fraction of sp³-hybridized carbons (Fsp3) is 0.632. The van der Waals surface area contributed by atoms with Crippen LogP contribution in [0.25, 0.3) is 0 Å². The Hall–Kier alpha value is -1.27. The van der Waals surface area contributed by atoms with Gasteiger partial charge in [-0.2, -0.15) is 0 Å². The van der Waals surface area contributed by atoms with E-state index in [1.807, 2.05) is 16.8 Å². The summed E-state index contributed by atoms with van der Waals surface area (Å²) in [5.41, 5.74) is 7.57. The number of benzene rings is 1. The zero-order valence-electron chi connectivity index (χ0n) is 17.5. The molecular weight excluding hydrogens is 442 g/mol. The molecule has 1 aliphatic heterocycles. The maximum absolute atomic E-state index is 8.67. The van der Waals surface area contributed by atoms with Gasteiger partial charge < -0.3 is 20.4 Å². The van der Waals surface area contributed by atoms with Crippen LogP contribution in [0.2, 0.25) is 5.02 Å². The lowest BCUT2D eigenvalue weighted by Crippen LogP contribution is -2.35. The van der Waals surface area contributed by atoms with Crippen LogP contribution in [0, 0.1) is 5.92 Å². The van der Waals surface area contributed by atoms with Crippen molar-refractivity contribution in [2.45, 2.75) is 51.2 Å². The second kappa shape index (κ2) is 13.3. The Labute approximate surface area is 194 Å². The summed E-state index contributed by atoms with van der Waals surface area (Å²) in [6.45, 7) is 4.11. The van der Waals surface area contributed by atoms with Gasteiger partial charge in [0.25, 0.3) is 0 Å². The van der Waals surface area contributed by atoms with Crippen LogP contribution in [0.5, 0.6) is 0 Å². The highest BCUT2D eigenvalue weighted by Gasteiger charge is 2.23. The third-order valence-corrected chi connectivity index (χ3v) is 5.78. The number of aromatic nitrogens is 4. The number of unbranched alkanes of at least 4 members (excludes halogenated alkanes) is 1. The van der Waals surface area contributed by atoms with E-state index >= 15 is 0 Å². The number of piperidine rings is 1. The minimum absolute atomic E-state index is 0. The molecule has 0 radical (unpaired) electrons. The van der Waals surface area contributed by atoms with Crippen molar-refractivity contribution in [3.8, 4) is 0 Å². The zero-order valence-corrected chi connectivity index (χ0v) is 19.1. The van der Waals surface area contributed by atoms with Gasteiger partial charge in [-0.25, -0.2) is 4.68 Å². The number of likely N-dealkylation sites (tertiary alicyclic amines) is 1. The Balaban J connectivity index is 0.00000341. The van der Waals surface area contributed by atoms with E-state index in [0.29, 0.717) is 24.6 Å². The third kappa shape index (κ3) is 8.65. The van der Waals surface area contributed by atoms with Gasteiger partial charge in [-0.1, -0.05) is 23.7 Å². The largest absolute Gasteiger partial charge is 0.633 e. The lowest BCUT2D eigenvalue weighted by molar-refractivity contribution is 0.163. The molecule has 3 rings (SSSR count). The first kappa shape index (κ1) is 26.0. The summed E-state index contributed by atoms with van der Waals surface area (Å²) >= 11 is 5.96. The van der Waals surface area contributed by atoms with E-state index < -0.39 is 7.32 Å². The van der Waals surface area contributed by atoms with E-state index in [-0.39, 0.29) is 25.1 Å². The number of hydrogen-bond donors (Lipinski definition) is 3. The Morgan fingerprint density at radius 2 is 1.90 bits per heavy atom. The maximum atomic E-state index is 8.67. The highest BCUT2D eigenvalue weighted by Crippen LogP contribution is 2.22. The van der Waals surface area contributed by atoms with Crippen LogP contribution in [0.3, 0.4) is 0 Å². The van der Waals surface area contributed by atoms with Gasteiger partial charge in [0.05, 0.1) is 6.04 Å². The van der Waals surface area contributed by atoms with Gasteiger partial charge in [-0.3, -0.25) is 4.90 Å². The van der Waals surface area contributed by atoms with Crippen molar-refractivity contribution >= 4 is 31.3 Å². The molecule has 2 heterocycles. The van der Waals surface area contributed by atoms with Crippen LogP contribution >= 0.6 is 24.0 Å². The number of nitrogens with two attached hydrogens (primary N) is 1. The molecule has 0 aliphatic carbocycles. The first-order chi connectivity index (χ1) is 14.5. The Kier molecular flexibility index (Phi) is 11.2. The average molecular weight is 473 g/mol. The molecule has 172 valence electrons. The highest BCUT2D eigenvalue weighted by atomic mass is 35.5. The van der Waals surface area contributed by atoms with Gasteiger partial charge in [0.15, 0.2) is 5.82 Å². The van der Waals surface area contributed by atoms with Crippen LogP contribution in [-0.4, -0.2) is 62.2 Å². The molecule has 1 aromatic heterocycles. The van der Waals surface area contributed by atoms with E-state index in [4.69, 9.17) is 32.0 Å². The molecule has 2 aromatic rings. The molecule has 12 heteroatoms. The van der Waals surface area contributed by atoms with E-state index in [1.165, 1.54) is 5.56 Å². The van der Waals surface area contributed by atoms with Crippen molar-refractivity contribution in [2.75, 3.05) is 19.7 Å². The normalized spacial score (nSPS) is 16.1. The van der Waals surface area contributed by atoms with Gasteiger partial charge in [0.1, 0.15) is 0 Å². The second-order valence-corrected chi connectivity index (χ2v) is 8.30. The summed E-state index contributed by atoms with van der Waals surface area (Å²) in [5, 5.41) is 30.2. The smallest absolute Gasteiger partial charge is 0.402 e. The molecule has 1 atom stereocenters. The number of halogens is 2. The van der Waals surface area contributed by atoms with Crippen molar-refractivity contribution in [2.24, 2.45) is 11.7 Å². The van der Waals surface area contributed by atoms with Crippen molar-refractivity contribution < 1.29 is 14.7 Å². The molecular formula is C19H31BCl2N6O3. The van der Waals surface area contributed by atoms with Gasteiger partial charge in [0, 0.05) is 24.7 Å². The van der Waals surface area contributed by atoms with Crippen molar-refractivity contribution in [1.82, 2.24) is 25.1 Å². The maximum Gasteiger partial charge on any atom is 0.633 e. The molecule has 1 aliphatic rings. The van der Waals surface area contributed by atoms with E-state index in [1.54, 1.807) is 0 Å². The molecule has 0 spiro atoms. The minimum Gasteiger partial charge on any atom is -0.402 e. The zero-order chi connectivity index (χ0) is 21.3. The van der Waals surface area contributed by atoms with Crippen LogP contribution < -0.4 is 5.73 Å². The number of rotatable bonds is 11. The predicted molar refractivity (Wildman–Crippen MR) is 121 cm³/mol. The molecule has 0 amide bonds. The second-order valence-electron chi connectivity index (χ2n) is 7.86. The SMILES string of the molecule is Cl.NC(CCCCOB(O)O)c1nnnn1CC1CCN(Cc2ccc(Cl)cc2)CC1. The molecule has 1 unspecified atom stereocenters. The number of nitrogens with zero attached hydrogens (tertiary/aromatic N) is 5. The van der Waals surface area contributed by atoms with Crippen LogP contribution in [0.15, 0.2) is 24.3 Å². The monoisotopic (exact) mass is 472 g/mol. The Morgan fingerprint density at radius 1 is 1.19 bits per heavy atom. The molecule has 1 saturated heterocycles. The van der Waals surface area contributed by atoms with Crippen LogP contribution in [-0.2, 0) is 17.7 Å². The molecule has 1 aromatic carbocycles. The number of hydrogen-bond acceptors (Lipinski definition) is 8. The molecule has 0 saturated carbocycles.